The fraction of sp³-hybridized carbons (Fsp3) is 0.750. The summed E-state index contributed by atoms with van der Waals surface area (Å²) >= 11 is 0. The molecule has 0 amide bonds. The van der Waals surface area contributed by atoms with Gasteiger partial charge in [0.25, 0.3) is 0 Å². The molecule has 1 aromatic heterocycles. The number of imidazole rings is 1. The topological polar surface area (TPSA) is 59.2 Å². The van der Waals surface area contributed by atoms with Crippen molar-refractivity contribution < 1.29 is 9.47 Å². The van der Waals surface area contributed by atoms with E-state index < -0.39 is 0 Å². The molecule has 4 unspecified atom stereocenters. The molecule has 0 saturated heterocycles. The molecular weight excluding hydrogens is 218 g/mol. The normalized spacial score (nSPS) is 29.9. The van der Waals surface area contributed by atoms with E-state index in [-0.39, 0.29) is 18.2 Å². The van der Waals surface area contributed by atoms with Crippen molar-refractivity contribution in [3.63, 3.8) is 0 Å². The smallest absolute Gasteiger partial charge is 0.122 e. The van der Waals surface area contributed by atoms with Crippen molar-refractivity contribution in [1.82, 2.24) is 15.3 Å². The molecule has 17 heavy (non-hydrogen) atoms. The van der Waals surface area contributed by atoms with Gasteiger partial charge >= 0.3 is 0 Å². The fourth-order valence-electron chi connectivity index (χ4n) is 2.35. The fourth-order valence-corrected chi connectivity index (χ4v) is 2.35. The van der Waals surface area contributed by atoms with E-state index in [9.17, 15) is 0 Å². The summed E-state index contributed by atoms with van der Waals surface area (Å²) in [5.41, 5.74) is 0. The van der Waals surface area contributed by atoms with E-state index in [1.165, 1.54) is 0 Å². The van der Waals surface area contributed by atoms with Crippen LogP contribution in [0.1, 0.15) is 32.1 Å². The van der Waals surface area contributed by atoms with Gasteiger partial charge in [-0.3, -0.25) is 0 Å². The maximum absolute atomic E-state index is 5.60. The van der Waals surface area contributed by atoms with Crippen LogP contribution in [0.25, 0.3) is 0 Å². The largest absolute Gasteiger partial charge is 0.377 e. The second-order valence-corrected chi connectivity index (χ2v) is 4.40. The number of ether oxygens (including phenoxy) is 2. The zero-order valence-corrected chi connectivity index (χ0v) is 10.6. The predicted molar refractivity (Wildman–Crippen MR) is 64.8 cm³/mol. The summed E-state index contributed by atoms with van der Waals surface area (Å²) in [6.07, 6.45) is 4.98. The summed E-state index contributed by atoms with van der Waals surface area (Å²) < 4.78 is 11.1. The third-order valence-corrected chi connectivity index (χ3v) is 3.30. The monoisotopic (exact) mass is 239 g/mol. The molecule has 0 aromatic carbocycles. The highest BCUT2D eigenvalue weighted by Crippen LogP contribution is 2.28. The van der Waals surface area contributed by atoms with Gasteiger partial charge in [-0.1, -0.05) is 0 Å². The second-order valence-electron chi connectivity index (χ2n) is 4.40. The molecule has 2 rings (SSSR count). The Morgan fingerprint density at radius 2 is 2.47 bits per heavy atom. The van der Waals surface area contributed by atoms with Crippen LogP contribution in [0.15, 0.2) is 12.4 Å². The van der Waals surface area contributed by atoms with Crippen LogP contribution in [0.5, 0.6) is 0 Å². The summed E-state index contributed by atoms with van der Waals surface area (Å²) in [6.45, 7) is 4.85. The molecule has 5 heteroatoms. The standard InChI is InChI=1S/C12H21N3O2/c1-4-17-10-7-9(11(10)16-3)15-8(2)12-13-5-6-14-12/h5-6,8-11,15H,4,7H2,1-3H3,(H,13,14). The Kier molecular flexibility index (Phi) is 4.15. The molecule has 96 valence electrons. The van der Waals surface area contributed by atoms with Crippen molar-refractivity contribution in [2.24, 2.45) is 0 Å². The molecule has 5 nitrogen and oxygen atoms in total. The first-order valence-electron chi connectivity index (χ1n) is 6.16. The van der Waals surface area contributed by atoms with Gasteiger partial charge in [0.1, 0.15) is 5.82 Å². The van der Waals surface area contributed by atoms with Crippen LogP contribution in [-0.4, -0.2) is 41.9 Å². The highest BCUT2D eigenvalue weighted by atomic mass is 16.5. The Morgan fingerprint density at radius 1 is 1.65 bits per heavy atom. The molecule has 0 radical (unpaired) electrons. The Hall–Kier alpha value is -0.910. The first-order chi connectivity index (χ1) is 8.26. The summed E-state index contributed by atoms with van der Waals surface area (Å²) in [6, 6.07) is 0.548. The summed E-state index contributed by atoms with van der Waals surface area (Å²) in [7, 11) is 1.74. The van der Waals surface area contributed by atoms with Gasteiger partial charge < -0.3 is 19.8 Å². The van der Waals surface area contributed by atoms with E-state index >= 15 is 0 Å². The molecule has 2 N–H and O–H groups in total. The minimum atomic E-state index is 0.146. The van der Waals surface area contributed by atoms with Gasteiger partial charge in [-0.2, -0.15) is 0 Å². The lowest BCUT2D eigenvalue weighted by atomic mass is 9.84. The highest BCUT2D eigenvalue weighted by Gasteiger charge is 2.42. The number of aromatic amines is 1. The van der Waals surface area contributed by atoms with Crippen LogP contribution in [0.3, 0.4) is 0 Å². The van der Waals surface area contributed by atoms with Gasteiger partial charge in [-0.05, 0) is 20.3 Å². The van der Waals surface area contributed by atoms with E-state index in [1.54, 1.807) is 13.3 Å². The molecular formula is C12H21N3O2. The third-order valence-electron chi connectivity index (χ3n) is 3.30. The van der Waals surface area contributed by atoms with E-state index in [2.05, 4.69) is 22.2 Å². The Bertz CT molecular complexity index is 329. The van der Waals surface area contributed by atoms with Crippen molar-refractivity contribution >= 4 is 0 Å². The molecule has 1 fully saturated rings. The number of rotatable bonds is 6. The van der Waals surface area contributed by atoms with Crippen LogP contribution in [-0.2, 0) is 9.47 Å². The SMILES string of the molecule is CCOC1CC(NC(C)c2ncc[nH]2)C1OC. The van der Waals surface area contributed by atoms with Gasteiger partial charge in [-0.25, -0.2) is 4.98 Å². The van der Waals surface area contributed by atoms with Crippen molar-refractivity contribution in [3.8, 4) is 0 Å². The number of H-pyrrole nitrogens is 1. The number of nitrogens with zero attached hydrogens (tertiary/aromatic N) is 1. The van der Waals surface area contributed by atoms with E-state index in [0.717, 1.165) is 18.9 Å². The maximum Gasteiger partial charge on any atom is 0.122 e. The number of nitrogens with one attached hydrogen (secondary N) is 2. The molecule has 4 atom stereocenters. The average molecular weight is 239 g/mol. The second kappa shape index (κ2) is 5.62. The van der Waals surface area contributed by atoms with Gasteiger partial charge in [0, 0.05) is 32.2 Å². The Balaban J connectivity index is 1.84. The zero-order valence-electron chi connectivity index (χ0n) is 10.6. The first kappa shape index (κ1) is 12.5. The van der Waals surface area contributed by atoms with Crippen LogP contribution in [0, 0.1) is 0 Å². The lowest BCUT2D eigenvalue weighted by Gasteiger charge is -2.44. The summed E-state index contributed by atoms with van der Waals surface area (Å²) in [5, 5.41) is 3.51. The van der Waals surface area contributed by atoms with Gasteiger partial charge in [0.15, 0.2) is 0 Å². The molecule has 1 aliphatic carbocycles. The number of aromatic nitrogens is 2. The molecule has 0 spiro atoms. The van der Waals surface area contributed by atoms with Crippen LogP contribution >= 0.6 is 0 Å². The van der Waals surface area contributed by atoms with Gasteiger partial charge in [0.05, 0.1) is 18.2 Å². The third kappa shape index (κ3) is 2.68. The van der Waals surface area contributed by atoms with Crippen molar-refractivity contribution in [2.75, 3.05) is 13.7 Å². The van der Waals surface area contributed by atoms with Crippen molar-refractivity contribution in [2.45, 2.75) is 44.6 Å². The number of hydrogen-bond acceptors (Lipinski definition) is 4. The van der Waals surface area contributed by atoms with E-state index in [4.69, 9.17) is 9.47 Å². The molecule has 0 aliphatic heterocycles. The quantitative estimate of drug-likeness (QED) is 0.784. The molecule has 1 aromatic rings. The first-order valence-corrected chi connectivity index (χ1v) is 6.16. The summed E-state index contributed by atoms with van der Waals surface area (Å²) in [4.78, 5) is 7.36. The Morgan fingerprint density at radius 3 is 3.06 bits per heavy atom. The maximum atomic E-state index is 5.60. The zero-order chi connectivity index (χ0) is 12.3. The average Bonchev–Trinajstić information content (AvgIpc) is 2.81. The Labute approximate surface area is 102 Å². The molecule has 0 bridgehead atoms. The highest BCUT2D eigenvalue weighted by molar-refractivity contribution is 5.02. The number of hydrogen-bond donors (Lipinski definition) is 2. The minimum absolute atomic E-state index is 0.146. The molecule has 1 saturated carbocycles. The van der Waals surface area contributed by atoms with Crippen molar-refractivity contribution in [1.29, 1.82) is 0 Å². The van der Waals surface area contributed by atoms with Crippen LogP contribution in [0.4, 0.5) is 0 Å². The van der Waals surface area contributed by atoms with Crippen LogP contribution in [0.2, 0.25) is 0 Å². The predicted octanol–water partition coefficient (Wildman–Crippen LogP) is 1.25. The van der Waals surface area contributed by atoms with Crippen molar-refractivity contribution in [3.05, 3.63) is 18.2 Å². The van der Waals surface area contributed by atoms with Gasteiger partial charge in [0.2, 0.25) is 0 Å². The molecule has 1 heterocycles. The van der Waals surface area contributed by atoms with E-state index in [0.29, 0.717) is 6.04 Å². The van der Waals surface area contributed by atoms with Gasteiger partial charge in [-0.15, -0.1) is 0 Å². The van der Waals surface area contributed by atoms with Crippen LogP contribution < -0.4 is 5.32 Å². The van der Waals surface area contributed by atoms with E-state index in [1.807, 2.05) is 13.1 Å². The lowest BCUT2D eigenvalue weighted by molar-refractivity contribution is -0.133. The summed E-state index contributed by atoms with van der Waals surface area (Å²) in [5.74, 6) is 0.958. The number of methoxy groups -OCH3 is 1. The lowest BCUT2D eigenvalue weighted by Crippen LogP contribution is -2.60. The molecule has 1 aliphatic rings. The minimum Gasteiger partial charge on any atom is -0.377 e.